The van der Waals surface area contributed by atoms with Crippen LogP contribution in [-0.2, 0) is 11.2 Å². The van der Waals surface area contributed by atoms with Crippen LogP contribution in [0.15, 0.2) is 30.3 Å². The minimum Gasteiger partial charge on any atom is -0.497 e. The number of benzene rings is 2. The number of rotatable bonds is 4. The van der Waals surface area contributed by atoms with Crippen molar-refractivity contribution < 1.29 is 18.7 Å². The van der Waals surface area contributed by atoms with E-state index in [2.05, 4.69) is 24.1 Å². The summed E-state index contributed by atoms with van der Waals surface area (Å²) in [7, 11) is 1.57. The molecule has 0 spiro atoms. The first kappa shape index (κ1) is 22.5. The summed E-state index contributed by atoms with van der Waals surface area (Å²) >= 11 is 6.41. The lowest BCUT2D eigenvalue weighted by Crippen LogP contribution is -2.53. The highest BCUT2D eigenvalue weighted by molar-refractivity contribution is 6.33. The number of ether oxygens (including phenoxy) is 2. The molecule has 1 amide bonds. The molecule has 3 heterocycles. The number of methoxy groups -OCH3 is 1. The molecule has 7 heteroatoms. The van der Waals surface area contributed by atoms with Crippen LogP contribution >= 0.6 is 11.6 Å². The fourth-order valence-corrected chi connectivity index (χ4v) is 6.00. The third kappa shape index (κ3) is 4.19. The SMILES string of the molecule is COc1ccc(-c2cc3c(cc2F)C(NC(=O)O[C@@H]2CN4CCC2CC4)C(C)(C)C3)c(Cl)c1. The van der Waals surface area contributed by atoms with E-state index in [-0.39, 0.29) is 23.4 Å². The Kier molecular flexibility index (Phi) is 5.78. The van der Waals surface area contributed by atoms with E-state index < -0.39 is 6.09 Å². The maximum atomic E-state index is 15.3. The van der Waals surface area contributed by atoms with Crippen LogP contribution in [0.4, 0.5) is 9.18 Å². The van der Waals surface area contributed by atoms with Crippen LogP contribution in [0, 0.1) is 17.2 Å². The van der Waals surface area contributed by atoms with E-state index in [9.17, 15) is 4.79 Å². The van der Waals surface area contributed by atoms with Crippen LogP contribution < -0.4 is 10.1 Å². The molecule has 4 aliphatic rings. The second-order valence-electron chi connectivity index (χ2n) is 10.2. The molecule has 33 heavy (non-hydrogen) atoms. The molecule has 2 atom stereocenters. The number of amides is 1. The molecule has 2 aromatic rings. The number of alkyl carbamates (subject to hydrolysis) is 1. The number of hydrogen-bond donors (Lipinski definition) is 1. The van der Waals surface area contributed by atoms with Gasteiger partial charge in [-0.2, -0.15) is 0 Å². The quantitative estimate of drug-likeness (QED) is 0.629. The maximum absolute atomic E-state index is 15.3. The summed E-state index contributed by atoms with van der Waals surface area (Å²) in [5.74, 6) is 0.701. The van der Waals surface area contributed by atoms with Gasteiger partial charge in [0, 0.05) is 17.7 Å². The van der Waals surface area contributed by atoms with Crippen molar-refractivity contribution in [1.29, 1.82) is 0 Å². The molecule has 176 valence electrons. The van der Waals surface area contributed by atoms with E-state index in [1.165, 1.54) is 0 Å². The standard InChI is InChI=1S/C26H30ClFN2O3/c1-26(2)13-16-10-20(18-5-4-17(32-3)11-21(18)27)22(28)12-19(16)24(26)29-25(31)33-23-14-30-8-6-15(23)7-9-30/h4-5,10-12,15,23-24H,6-9,13-14H2,1-3H3,(H,29,31)/t23-,24?/m1/s1. The summed E-state index contributed by atoms with van der Waals surface area (Å²) in [6.45, 7) is 7.17. The molecule has 3 fully saturated rings. The Morgan fingerprint density at radius 1 is 1.18 bits per heavy atom. The third-order valence-electron chi connectivity index (χ3n) is 7.55. The second kappa shape index (κ2) is 8.48. The van der Waals surface area contributed by atoms with Gasteiger partial charge in [-0.05, 0) is 85.1 Å². The highest BCUT2D eigenvalue weighted by atomic mass is 35.5. The predicted molar refractivity (Wildman–Crippen MR) is 126 cm³/mol. The van der Waals surface area contributed by atoms with Crippen LogP contribution in [0.3, 0.4) is 0 Å². The van der Waals surface area contributed by atoms with Crippen molar-refractivity contribution in [3.05, 3.63) is 52.3 Å². The molecule has 6 rings (SSSR count). The Bertz CT molecular complexity index is 1080. The van der Waals surface area contributed by atoms with Crippen LogP contribution in [0.2, 0.25) is 5.02 Å². The Morgan fingerprint density at radius 2 is 1.94 bits per heavy atom. The molecule has 2 aromatic carbocycles. The first-order valence-electron chi connectivity index (χ1n) is 11.6. The van der Waals surface area contributed by atoms with Crippen molar-refractivity contribution in [2.24, 2.45) is 11.3 Å². The van der Waals surface area contributed by atoms with Gasteiger partial charge in [0.15, 0.2) is 0 Å². The van der Waals surface area contributed by atoms with Crippen molar-refractivity contribution in [2.75, 3.05) is 26.7 Å². The van der Waals surface area contributed by atoms with Gasteiger partial charge in [0.25, 0.3) is 0 Å². The molecular weight excluding hydrogens is 443 g/mol. The van der Waals surface area contributed by atoms with E-state index in [0.717, 1.165) is 43.6 Å². The first-order valence-corrected chi connectivity index (χ1v) is 12.0. The minimum atomic E-state index is -0.414. The summed E-state index contributed by atoms with van der Waals surface area (Å²) < 4.78 is 26.3. The minimum absolute atomic E-state index is 0.0622. The van der Waals surface area contributed by atoms with E-state index in [4.69, 9.17) is 21.1 Å². The number of carbonyl (C=O) groups excluding carboxylic acids is 1. The fourth-order valence-electron chi connectivity index (χ4n) is 5.72. The van der Waals surface area contributed by atoms with Crippen LogP contribution in [0.25, 0.3) is 11.1 Å². The van der Waals surface area contributed by atoms with Crippen LogP contribution in [-0.4, -0.2) is 43.8 Å². The lowest BCUT2D eigenvalue weighted by atomic mass is 9.85. The highest BCUT2D eigenvalue weighted by Crippen LogP contribution is 2.47. The number of nitrogens with one attached hydrogen (secondary N) is 1. The smallest absolute Gasteiger partial charge is 0.407 e. The molecule has 1 aliphatic carbocycles. The molecule has 1 N–H and O–H groups in total. The summed E-state index contributed by atoms with van der Waals surface area (Å²) in [6, 6.07) is 8.30. The molecular formula is C26H30ClFN2O3. The van der Waals surface area contributed by atoms with Crippen molar-refractivity contribution in [3.8, 4) is 16.9 Å². The number of halogens is 2. The van der Waals surface area contributed by atoms with Gasteiger partial charge in [0.1, 0.15) is 17.7 Å². The van der Waals surface area contributed by atoms with Gasteiger partial charge >= 0.3 is 6.09 Å². The van der Waals surface area contributed by atoms with Gasteiger partial charge in [-0.15, -0.1) is 0 Å². The zero-order valence-electron chi connectivity index (χ0n) is 19.3. The van der Waals surface area contributed by atoms with Gasteiger partial charge in [0.2, 0.25) is 0 Å². The topological polar surface area (TPSA) is 50.8 Å². The number of fused-ring (bicyclic) bond motifs is 4. The average molecular weight is 473 g/mol. The lowest BCUT2D eigenvalue weighted by Gasteiger charge is -2.44. The Labute approximate surface area is 199 Å². The normalized spacial score (nSPS) is 27.2. The molecule has 3 saturated heterocycles. The lowest BCUT2D eigenvalue weighted by molar-refractivity contribution is -0.0349. The Balaban J connectivity index is 1.38. The summed E-state index contributed by atoms with van der Waals surface area (Å²) in [4.78, 5) is 15.2. The van der Waals surface area contributed by atoms with Crippen LogP contribution in [0.1, 0.15) is 43.9 Å². The first-order chi connectivity index (χ1) is 15.7. The zero-order chi connectivity index (χ0) is 23.3. The molecule has 0 radical (unpaired) electrons. The number of nitrogens with zero attached hydrogens (tertiary/aromatic N) is 1. The Hall–Kier alpha value is -2.31. The predicted octanol–water partition coefficient (Wildman–Crippen LogP) is 5.60. The highest BCUT2D eigenvalue weighted by Gasteiger charge is 2.42. The summed E-state index contributed by atoms with van der Waals surface area (Å²) in [5, 5.41) is 3.49. The summed E-state index contributed by atoms with van der Waals surface area (Å²) in [6.07, 6.45) is 2.40. The van der Waals surface area contributed by atoms with Crippen molar-refractivity contribution in [1.82, 2.24) is 10.2 Å². The molecule has 1 unspecified atom stereocenters. The van der Waals surface area contributed by atoms with Gasteiger partial charge in [0.05, 0.1) is 18.2 Å². The van der Waals surface area contributed by atoms with Crippen molar-refractivity contribution >= 4 is 17.7 Å². The molecule has 3 aliphatic heterocycles. The Morgan fingerprint density at radius 3 is 2.58 bits per heavy atom. The fraction of sp³-hybridized carbons (Fsp3) is 0.500. The zero-order valence-corrected chi connectivity index (χ0v) is 20.0. The monoisotopic (exact) mass is 472 g/mol. The van der Waals surface area contributed by atoms with Crippen molar-refractivity contribution in [3.63, 3.8) is 0 Å². The van der Waals surface area contributed by atoms with Gasteiger partial charge in [-0.25, -0.2) is 9.18 Å². The van der Waals surface area contributed by atoms with Gasteiger partial charge < -0.3 is 14.8 Å². The number of carbonyl (C=O) groups is 1. The van der Waals surface area contributed by atoms with E-state index in [0.29, 0.717) is 34.2 Å². The molecule has 5 nitrogen and oxygen atoms in total. The van der Waals surface area contributed by atoms with Gasteiger partial charge in [-0.3, -0.25) is 4.90 Å². The van der Waals surface area contributed by atoms with Crippen LogP contribution in [0.5, 0.6) is 5.75 Å². The molecule has 0 aromatic heterocycles. The largest absolute Gasteiger partial charge is 0.497 e. The molecule has 0 saturated carbocycles. The summed E-state index contributed by atoms with van der Waals surface area (Å²) in [5.41, 5.74) is 2.61. The molecule has 2 bridgehead atoms. The average Bonchev–Trinajstić information content (AvgIpc) is 3.03. The third-order valence-corrected chi connectivity index (χ3v) is 7.86. The van der Waals surface area contributed by atoms with E-state index in [1.807, 2.05) is 6.07 Å². The van der Waals surface area contributed by atoms with Crippen molar-refractivity contribution in [2.45, 2.75) is 45.3 Å². The van der Waals surface area contributed by atoms with E-state index in [1.54, 1.807) is 31.4 Å². The van der Waals surface area contributed by atoms with E-state index >= 15 is 4.39 Å². The number of hydrogen-bond acceptors (Lipinski definition) is 4. The number of piperidine rings is 3. The second-order valence-corrected chi connectivity index (χ2v) is 10.6. The maximum Gasteiger partial charge on any atom is 0.407 e. The van der Waals surface area contributed by atoms with Gasteiger partial charge in [-0.1, -0.05) is 25.4 Å².